The summed E-state index contributed by atoms with van der Waals surface area (Å²) in [7, 11) is 0. The molecule has 0 saturated carbocycles. The SMILES string of the molecule is CC1=C(C(C)C)CC(C(=O)OC(C)(C)C)=C1F. The Kier molecular flexibility index (Phi) is 3.80. The Morgan fingerprint density at radius 1 is 1.35 bits per heavy atom. The fraction of sp³-hybridized carbons (Fsp3) is 0.643. The van der Waals surface area contributed by atoms with Gasteiger partial charge in [0.1, 0.15) is 11.4 Å². The van der Waals surface area contributed by atoms with E-state index >= 15 is 0 Å². The number of rotatable bonds is 2. The molecular weight excluding hydrogens is 219 g/mol. The minimum absolute atomic E-state index is 0.168. The Hall–Kier alpha value is -1.12. The fourth-order valence-corrected chi connectivity index (χ4v) is 1.91. The number of halogens is 1. The fourth-order valence-electron chi connectivity index (χ4n) is 1.91. The zero-order valence-electron chi connectivity index (χ0n) is 11.5. The van der Waals surface area contributed by atoms with Crippen molar-refractivity contribution in [3.05, 3.63) is 22.5 Å². The first-order valence-corrected chi connectivity index (χ1v) is 5.95. The van der Waals surface area contributed by atoms with Crippen molar-refractivity contribution in [2.75, 3.05) is 0 Å². The molecule has 0 aromatic carbocycles. The second-order valence-electron chi connectivity index (χ2n) is 5.78. The maximum atomic E-state index is 13.9. The summed E-state index contributed by atoms with van der Waals surface area (Å²) in [4.78, 5) is 11.8. The Morgan fingerprint density at radius 3 is 2.24 bits per heavy atom. The third kappa shape index (κ3) is 3.18. The van der Waals surface area contributed by atoms with E-state index in [4.69, 9.17) is 4.74 Å². The molecule has 1 rings (SSSR count). The van der Waals surface area contributed by atoms with Gasteiger partial charge in [-0.05, 0) is 39.2 Å². The standard InChI is InChI=1S/C14H21FO2/c1-8(2)10-7-11(12(15)9(10)3)13(16)17-14(4,5)6/h8H,7H2,1-6H3. The molecule has 0 heterocycles. The van der Waals surface area contributed by atoms with Gasteiger partial charge in [-0.1, -0.05) is 19.4 Å². The zero-order valence-corrected chi connectivity index (χ0v) is 11.5. The van der Waals surface area contributed by atoms with E-state index < -0.39 is 17.4 Å². The molecule has 0 bridgehead atoms. The number of hydrogen-bond donors (Lipinski definition) is 0. The molecule has 0 fully saturated rings. The predicted octanol–water partition coefficient (Wildman–Crippen LogP) is 3.93. The maximum Gasteiger partial charge on any atom is 0.337 e. The summed E-state index contributed by atoms with van der Waals surface area (Å²) >= 11 is 0. The summed E-state index contributed by atoms with van der Waals surface area (Å²) in [5.74, 6) is -0.686. The first-order chi connectivity index (χ1) is 7.63. The van der Waals surface area contributed by atoms with Crippen LogP contribution < -0.4 is 0 Å². The third-order valence-electron chi connectivity index (χ3n) is 2.79. The van der Waals surface area contributed by atoms with Gasteiger partial charge in [-0.2, -0.15) is 0 Å². The summed E-state index contributed by atoms with van der Waals surface area (Å²) in [6, 6.07) is 0. The van der Waals surface area contributed by atoms with Crippen molar-refractivity contribution in [1.29, 1.82) is 0 Å². The molecule has 17 heavy (non-hydrogen) atoms. The van der Waals surface area contributed by atoms with Gasteiger partial charge in [0.2, 0.25) is 0 Å². The third-order valence-corrected chi connectivity index (χ3v) is 2.79. The van der Waals surface area contributed by atoms with Gasteiger partial charge < -0.3 is 4.74 Å². The van der Waals surface area contributed by atoms with Crippen LogP contribution in [0.2, 0.25) is 0 Å². The highest BCUT2D eigenvalue weighted by Crippen LogP contribution is 2.37. The summed E-state index contributed by atoms with van der Waals surface area (Å²) in [5, 5.41) is 0. The van der Waals surface area contributed by atoms with Crippen LogP contribution in [0.25, 0.3) is 0 Å². The van der Waals surface area contributed by atoms with Crippen LogP contribution in [0.4, 0.5) is 4.39 Å². The van der Waals surface area contributed by atoms with Gasteiger partial charge in [-0.3, -0.25) is 0 Å². The van der Waals surface area contributed by atoms with Crippen molar-refractivity contribution in [3.8, 4) is 0 Å². The van der Waals surface area contributed by atoms with Crippen LogP contribution in [-0.2, 0) is 9.53 Å². The van der Waals surface area contributed by atoms with Crippen LogP contribution in [0.5, 0.6) is 0 Å². The van der Waals surface area contributed by atoms with E-state index in [0.29, 0.717) is 12.0 Å². The van der Waals surface area contributed by atoms with Gasteiger partial charge in [0, 0.05) is 6.42 Å². The average molecular weight is 240 g/mol. The molecule has 0 spiro atoms. The number of ether oxygens (including phenoxy) is 1. The van der Waals surface area contributed by atoms with Gasteiger partial charge in [0.05, 0.1) is 5.57 Å². The average Bonchev–Trinajstić information content (AvgIpc) is 2.41. The van der Waals surface area contributed by atoms with Crippen LogP contribution in [0.1, 0.15) is 48.0 Å². The normalized spacial score (nSPS) is 17.2. The molecule has 0 aromatic heterocycles. The van der Waals surface area contributed by atoms with Crippen LogP contribution >= 0.6 is 0 Å². The van der Waals surface area contributed by atoms with E-state index in [1.807, 2.05) is 13.8 Å². The van der Waals surface area contributed by atoms with Gasteiger partial charge in [0.15, 0.2) is 0 Å². The molecular formula is C14H21FO2. The second-order valence-corrected chi connectivity index (χ2v) is 5.78. The number of carbonyl (C=O) groups is 1. The van der Waals surface area contributed by atoms with Crippen LogP contribution in [-0.4, -0.2) is 11.6 Å². The highest BCUT2D eigenvalue weighted by molar-refractivity contribution is 5.92. The predicted molar refractivity (Wildman–Crippen MR) is 66.1 cm³/mol. The van der Waals surface area contributed by atoms with Crippen LogP contribution in [0.3, 0.4) is 0 Å². The van der Waals surface area contributed by atoms with E-state index in [0.717, 1.165) is 5.57 Å². The number of carbonyl (C=O) groups excluding carboxylic acids is 1. The number of esters is 1. The largest absolute Gasteiger partial charge is 0.457 e. The molecule has 1 aliphatic carbocycles. The molecule has 0 atom stereocenters. The highest BCUT2D eigenvalue weighted by atomic mass is 19.1. The summed E-state index contributed by atoms with van der Waals surface area (Å²) < 4.78 is 19.1. The maximum absolute atomic E-state index is 13.9. The molecule has 2 nitrogen and oxygen atoms in total. The van der Waals surface area contributed by atoms with E-state index in [2.05, 4.69) is 0 Å². The Bertz CT molecular complexity index is 395. The lowest BCUT2D eigenvalue weighted by atomic mass is 9.98. The van der Waals surface area contributed by atoms with Crippen LogP contribution in [0, 0.1) is 5.92 Å². The van der Waals surface area contributed by atoms with Crippen molar-refractivity contribution in [1.82, 2.24) is 0 Å². The highest BCUT2D eigenvalue weighted by Gasteiger charge is 2.30. The Balaban J connectivity index is 2.88. The van der Waals surface area contributed by atoms with Crippen molar-refractivity contribution >= 4 is 5.97 Å². The number of allylic oxidation sites excluding steroid dienone is 3. The van der Waals surface area contributed by atoms with E-state index in [-0.39, 0.29) is 11.5 Å². The molecule has 3 heteroatoms. The van der Waals surface area contributed by atoms with E-state index in [1.165, 1.54) is 0 Å². The molecule has 1 aliphatic rings. The molecule has 0 unspecified atom stereocenters. The Morgan fingerprint density at radius 2 is 1.88 bits per heavy atom. The van der Waals surface area contributed by atoms with E-state index in [1.54, 1.807) is 27.7 Å². The minimum atomic E-state index is -0.584. The van der Waals surface area contributed by atoms with Gasteiger partial charge in [0.25, 0.3) is 0 Å². The molecule has 0 aliphatic heterocycles. The van der Waals surface area contributed by atoms with Gasteiger partial charge in [-0.15, -0.1) is 0 Å². The van der Waals surface area contributed by atoms with Crippen molar-refractivity contribution in [2.45, 2.75) is 53.6 Å². The lowest BCUT2D eigenvalue weighted by molar-refractivity contribution is -0.150. The number of hydrogen-bond acceptors (Lipinski definition) is 2. The molecule has 0 aromatic rings. The lowest BCUT2D eigenvalue weighted by Crippen LogP contribution is -2.25. The summed E-state index contributed by atoms with van der Waals surface area (Å²) in [6.07, 6.45) is 0.379. The molecule has 96 valence electrons. The van der Waals surface area contributed by atoms with Crippen molar-refractivity contribution in [2.24, 2.45) is 5.92 Å². The van der Waals surface area contributed by atoms with Crippen molar-refractivity contribution < 1.29 is 13.9 Å². The quantitative estimate of drug-likeness (QED) is 0.684. The molecule has 0 N–H and O–H groups in total. The topological polar surface area (TPSA) is 26.3 Å². The minimum Gasteiger partial charge on any atom is -0.457 e. The van der Waals surface area contributed by atoms with Crippen LogP contribution in [0.15, 0.2) is 22.5 Å². The zero-order chi connectivity index (χ0) is 13.4. The molecule has 0 radical (unpaired) electrons. The molecule has 0 saturated heterocycles. The summed E-state index contributed by atoms with van der Waals surface area (Å²) in [5.41, 5.74) is 1.17. The van der Waals surface area contributed by atoms with Gasteiger partial charge in [-0.25, -0.2) is 9.18 Å². The first kappa shape index (κ1) is 13.9. The monoisotopic (exact) mass is 240 g/mol. The van der Waals surface area contributed by atoms with Crippen molar-refractivity contribution in [3.63, 3.8) is 0 Å². The second kappa shape index (κ2) is 4.63. The van der Waals surface area contributed by atoms with E-state index in [9.17, 15) is 9.18 Å². The smallest absolute Gasteiger partial charge is 0.337 e. The van der Waals surface area contributed by atoms with Gasteiger partial charge >= 0.3 is 5.97 Å². The summed E-state index contributed by atoms with van der Waals surface area (Å²) in [6.45, 7) is 11.1. The molecule has 0 amide bonds. The lowest BCUT2D eigenvalue weighted by Gasteiger charge is -2.20. The Labute approximate surface area is 103 Å². The first-order valence-electron chi connectivity index (χ1n) is 5.95.